The second-order valence-electron chi connectivity index (χ2n) is 14.7. The fourth-order valence-corrected chi connectivity index (χ4v) is 8.53. The molecular formula is C52H32N6O. The van der Waals surface area contributed by atoms with Crippen molar-refractivity contribution in [1.29, 1.82) is 0 Å². The minimum atomic E-state index is 0.554. The minimum absolute atomic E-state index is 0.554. The Balaban J connectivity index is 1.13. The summed E-state index contributed by atoms with van der Waals surface area (Å²) in [5, 5.41) is 4.53. The van der Waals surface area contributed by atoms with Crippen LogP contribution in [0.15, 0.2) is 199 Å². The molecule has 276 valence electrons. The average molecular weight is 757 g/mol. The van der Waals surface area contributed by atoms with E-state index in [0.29, 0.717) is 23.5 Å². The van der Waals surface area contributed by atoms with E-state index in [9.17, 15) is 0 Å². The van der Waals surface area contributed by atoms with Gasteiger partial charge >= 0.3 is 0 Å². The van der Waals surface area contributed by atoms with Gasteiger partial charge in [-0.2, -0.15) is 9.97 Å². The van der Waals surface area contributed by atoms with Gasteiger partial charge in [0, 0.05) is 43.9 Å². The summed E-state index contributed by atoms with van der Waals surface area (Å²) < 4.78 is 10.8. The highest BCUT2D eigenvalue weighted by molar-refractivity contribution is 6.23. The highest BCUT2D eigenvalue weighted by Gasteiger charge is 2.23. The lowest BCUT2D eigenvalue weighted by atomic mass is 10.0. The number of fused-ring (bicyclic) bond motifs is 8. The molecule has 0 aliphatic carbocycles. The zero-order chi connectivity index (χ0) is 38.9. The van der Waals surface area contributed by atoms with Crippen LogP contribution < -0.4 is 0 Å². The van der Waals surface area contributed by atoms with Gasteiger partial charge in [0.15, 0.2) is 17.2 Å². The Morgan fingerprint density at radius 1 is 0.356 bits per heavy atom. The van der Waals surface area contributed by atoms with Crippen molar-refractivity contribution in [2.24, 2.45) is 0 Å². The summed E-state index contributed by atoms with van der Waals surface area (Å²) in [5.41, 5.74) is 11.8. The Hall–Kier alpha value is -8.16. The number of hydrogen-bond acceptors (Lipinski definition) is 5. The van der Waals surface area contributed by atoms with Crippen molar-refractivity contribution in [3.63, 3.8) is 0 Å². The molecule has 0 amide bonds. The van der Waals surface area contributed by atoms with Gasteiger partial charge in [-0.05, 0) is 59.7 Å². The normalized spacial score (nSPS) is 11.7. The molecule has 12 rings (SSSR count). The molecule has 0 unspecified atom stereocenters. The molecule has 0 radical (unpaired) electrons. The van der Waals surface area contributed by atoms with Crippen LogP contribution in [0.3, 0.4) is 0 Å². The van der Waals surface area contributed by atoms with Crippen LogP contribution in [-0.4, -0.2) is 29.1 Å². The third kappa shape index (κ3) is 5.36. The molecule has 12 aromatic rings. The second-order valence-corrected chi connectivity index (χ2v) is 14.7. The molecule has 4 aromatic heterocycles. The lowest BCUT2D eigenvalue weighted by Crippen LogP contribution is -2.07. The Morgan fingerprint density at radius 3 is 1.56 bits per heavy atom. The first-order chi connectivity index (χ1) is 29.2. The Bertz CT molecular complexity index is 3470. The van der Waals surface area contributed by atoms with Crippen molar-refractivity contribution in [3.8, 4) is 57.0 Å². The third-order valence-electron chi connectivity index (χ3n) is 11.2. The summed E-state index contributed by atoms with van der Waals surface area (Å²) in [7, 11) is 0. The SMILES string of the molecule is c1ccc(-c2nc(-c3ccccc3)nc(-n3c4ccccc4c4ccc5c6ccccc6n(-c6cccc(-c7cccc(-c8nc9ccccc9o8)c7)c6)c5c43)n2)cc1. The zero-order valence-corrected chi connectivity index (χ0v) is 31.6. The van der Waals surface area contributed by atoms with Crippen LogP contribution in [0.4, 0.5) is 0 Å². The van der Waals surface area contributed by atoms with Crippen LogP contribution in [0, 0.1) is 0 Å². The number of para-hydroxylation sites is 4. The van der Waals surface area contributed by atoms with Gasteiger partial charge in [0.05, 0.1) is 22.1 Å². The van der Waals surface area contributed by atoms with Crippen LogP contribution in [0.5, 0.6) is 0 Å². The van der Waals surface area contributed by atoms with E-state index in [0.717, 1.165) is 88.2 Å². The zero-order valence-electron chi connectivity index (χ0n) is 31.6. The van der Waals surface area contributed by atoms with E-state index in [-0.39, 0.29) is 0 Å². The van der Waals surface area contributed by atoms with Crippen LogP contribution in [0.1, 0.15) is 0 Å². The minimum Gasteiger partial charge on any atom is -0.436 e. The van der Waals surface area contributed by atoms with Crippen LogP contribution in [0.2, 0.25) is 0 Å². The molecule has 0 aliphatic heterocycles. The Morgan fingerprint density at radius 2 is 0.881 bits per heavy atom. The maximum atomic E-state index is 6.17. The number of nitrogens with zero attached hydrogens (tertiary/aromatic N) is 6. The predicted molar refractivity (Wildman–Crippen MR) is 238 cm³/mol. The predicted octanol–water partition coefficient (Wildman–Crippen LogP) is 12.9. The molecule has 7 nitrogen and oxygen atoms in total. The highest BCUT2D eigenvalue weighted by Crippen LogP contribution is 2.42. The number of hydrogen-bond donors (Lipinski definition) is 0. The molecule has 59 heavy (non-hydrogen) atoms. The van der Waals surface area contributed by atoms with Gasteiger partial charge in [-0.15, -0.1) is 0 Å². The maximum Gasteiger partial charge on any atom is 0.238 e. The van der Waals surface area contributed by atoms with Gasteiger partial charge in [-0.3, -0.25) is 4.57 Å². The van der Waals surface area contributed by atoms with E-state index in [1.807, 2.05) is 91.0 Å². The first kappa shape index (κ1) is 33.0. The topological polar surface area (TPSA) is 74.6 Å². The van der Waals surface area contributed by atoms with Gasteiger partial charge in [-0.1, -0.05) is 146 Å². The van der Waals surface area contributed by atoms with Gasteiger partial charge < -0.3 is 8.98 Å². The van der Waals surface area contributed by atoms with E-state index in [2.05, 4.69) is 112 Å². The molecule has 0 saturated heterocycles. The summed E-state index contributed by atoms with van der Waals surface area (Å²) in [4.78, 5) is 20.3. The molecule has 0 saturated carbocycles. The molecule has 0 bridgehead atoms. The van der Waals surface area contributed by atoms with Gasteiger partial charge in [0.25, 0.3) is 0 Å². The first-order valence-corrected chi connectivity index (χ1v) is 19.6. The fourth-order valence-electron chi connectivity index (χ4n) is 8.53. The monoisotopic (exact) mass is 756 g/mol. The van der Waals surface area contributed by atoms with Crippen molar-refractivity contribution in [3.05, 3.63) is 194 Å². The fraction of sp³-hybridized carbons (Fsp3) is 0. The number of aromatic nitrogens is 6. The summed E-state index contributed by atoms with van der Waals surface area (Å²) in [5.74, 6) is 2.38. The third-order valence-corrected chi connectivity index (χ3v) is 11.2. The summed E-state index contributed by atoms with van der Waals surface area (Å²) in [6.45, 7) is 0. The van der Waals surface area contributed by atoms with Gasteiger partial charge in [0.1, 0.15) is 5.52 Å². The average Bonchev–Trinajstić information content (AvgIpc) is 4.00. The van der Waals surface area contributed by atoms with Gasteiger partial charge in [-0.25, -0.2) is 9.97 Å². The molecule has 8 aromatic carbocycles. The second kappa shape index (κ2) is 13.2. The molecule has 0 aliphatic rings. The van der Waals surface area contributed by atoms with E-state index in [4.69, 9.17) is 24.4 Å². The van der Waals surface area contributed by atoms with Crippen molar-refractivity contribution >= 4 is 54.7 Å². The number of rotatable bonds is 6. The van der Waals surface area contributed by atoms with Crippen molar-refractivity contribution < 1.29 is 4.42 Å². The molecule has 0 spiro atoms. The lowest BCUT2D eigenvalue weighted by molar-refractivity contribution is 0.620. The molecule has 4 heterocycles. The van der Waals surface area contributed by atoms with E-state index in [1.165, 1.54) is 0 Å². The quantitative estimate of drug-likeness (QED) is 0.169. The van der Waals surface area contributed by atoms with Crippen LogP contribution in [0.25, 0.3) is 112 Å². The van der Waals surface area contributed by atoms with Crippen LogP contribution in [-0.2, 0) is 0 Å². The van der Waals surface area contributed by atoms with Crippen molar-refractivity contribution in [1.82, 2.24) is 29.1 Å². The summed E-state index contributed by atoms with van der Waals surface area (Å²) >= 11 is 0. The standard InChI is InChI=1S/C52H32N6O/c1-3-15-33(16-4-1)49-54-50(34-17-5-2-6-18-34)56-52(55-49)58-45-27-11-8-24-40(45)42-30-29-41-39-23-7-10-26-44(39)57(47(41)48(42)58)38-22-14-20-36(32-38)35-19-13-21-37(31-35)51-53-43-25-9-12-28-46(43)59-51/h1-32H. The Labute approximate surface area is 338 Å². The molecular weight excluding hydrogens is 725 g/mol. The summed E-state index contributed by atoms with van der Waals surface area (Å²) in [6, 6.07) is 67.0. The molecule has 0 N–H and O–H groups in total. The molecule has 0 fully saturated rings. The van der Waals surface area contributed by atoms with E-state index >= 15 is 0 Å². The Kier molecular flexibility index (Phi) is 7.40. The summed E-state index contributed by atoms with van der Waals surface area (Å²) in [6.07, 6.45) is 0. The maximum absolute atomic E-state index is 6.17. The highest BCUT2D eigenvalue weighted by atomic mass is 16.3. The molecule has 7 heteroatoms. The number of oxazole rings is 1. The number of benzene rings is 8. The molecule has 0 atom stereocenters. The lowest BCUT2D eigenvalue weighted by Gasteiger charge is -2.14. The largest absolute Gasteiger partial charge is 0.436 e. The van der Waals surface area contributed by atoms with Gasteiger partial charge in [0.2, 0.25) is 11.8 Å². The smallest absolute Gasteiger partial charge is 0.238 e. The van der Waals surface area contributed by atoms with Crippen LogP contribution >= 0.6 is 0 Å². The van der Waals surface area contributed by atoms with Crippen molar-refractivity contribution in [2.75, 3.05) is 0 Å². The van der Waals surface area contributed by atoms with Crippen molar-refractivity contribution in [2.45, 2.75) is 0 Å². The first-order valence-electron chi connectivity index (χ1n) is 19.6. The van der Waals surface area contributed by atoms with E-state index < -0.39 is 0 Å². The van der Waals surface area contributed by atoms with E-state index in [1.54, 1.807) is 0 Å².